The molecular weight excluding hydrogens is 713 g/mol. The number of aryl methyl sites for hydroxylation is 2. The molecule has 0 aliphatic heterocycles. The van der Waals surface area contributed by atoms with Crippen molar-refractivity contribution in [3.05, 3.63) is 181 Å². The molecular formula is C50H38N8. The highest BCUT2D eigenvalue weighted by Crippen LogP contribution is 2.34. The standard InChI is InChI=1S/C50H38N8/c1-31-9-6-13-37(23-31)46-29-48(56-54-46)39-15-8-16-40(26-39)49-30-50(58-57-49)41-21-22-42(32(2)24-41)36-12-7-14-38(25-36)47-28-45(53-55-47)35-19-17-34(18-20-35)44-27-43(51-52-44)33-10-4-3-5-11-33/h3-30H,1-2H3,(H,51,52)(H,53,55)(H,54,56)(H,57,58). The van der Waals surface area contributed by atoms with Crippen LogP contribution >= 0.6 is 0 Å². The molecule has 0 saturated carbocycles. The summed E-state index contributed by atoms with van der Waals surface area (Å²) in [7, 11) is 0. The van der Waals surface area contributed by atoms with Crippen LogP contribution in [0.3, 0.4) is 0 Å². The zero-order chi connectivity index (χ0) is 39.0. The average Bonchev–Trinajstić information content (AvgIpc) is 4.12. The third-order valence-electron chi connectivity index (χ3n) is 10.7. The number of rotatable bonds is 9. The van der Waals surface area contributed by atoms with Gasteiger partial charge in [-0.1, -0.05) is 127 Å². The molecule has 4 N–H and O–H groups in total. The molecule has 4 aromatic heterocycles. The molecule has 0 aliphatic carbocycles. The fourth-order valence-corrected chi connectivity index (χ4v) is 7.56. The summed E-state index contributed by atoms with van der Waals surface area (Å²) in [5.41, 5.74) is 20.7. The van der Waals surface area contributed by atoms with Crippen molar-refractivity contribution in [1.29, 1.82) is 0 Å². The molecule has 0 aliphatic rings. The molecule has 6 aromatic carbocycles. The highest BCUT2D eigenvalue weighted by molar-refractivity contribution is 5.80. The van der Waals surface area contributed by atoms with Gasteiger partial charge >= 0.3 is 0 Å². The Morgan fingerprint density at radius 3 is 1.22 bits per heavy atom. The van der Waals surface area contributed by atoms with Crippen molar-refractivity contribution in [2.45, 2.75) is 13.8 Å². The van der Waals surface area contributed by atoms with E-state index in [0.29, 0.717) is 0 Å². The number of aromatic amines is 4. The summed E-state index contributed by atoms with van der Waals surface area (Å²) in [4.78, 5) is 0. The zero-order valence-electron chi connectivity index (χ0n) is 32.0. The minimum absolute atomic E-state index is 0.892. The Hall–Kier alpha value is -7.84. The molecule has 0 atom stereocenters. The van der Waals surface area contributed by atoms with Crippen molar-refractivity contribution >= 4 is 0 Å². The third kappa shape index (κ3) is 6.84. The summed E-state index contributed by atoms with van der Waals surface area (Å²) in [5, 5.41) is 31.4. The van der Waals surface area contributed by atoms with Crippen molar-refractivity contribution < 1.29 is 0 Å². The Bertz CT molecular complexity index is 3030. The van der Waals surface area contributed by atoms with E-state index in [9.17, 15) is 0 Å². The number of aromatic nitrogens is 8. The molecule has 4 heterocycles. The van der Waals surface area contributed by atoms with E-state index in [1.807, 2.05) is 18.2 Å². The van der Waals surface area contributed by atoms with Gasteiger partial charge in [0, 0.05) is 33.4 Å². The molecule has 0 spiro atoms. The minimum Gasteiger partial charge on any atom is -0.277 e. The lowest BCUT2D eigenvalue weighted by molar-refractivity contribution is 1.10. The van der Waals surface area contributed by atoms with Gasteiger partial charge in [-0.15, -0.1) is 0 Å². The van der Waals surface area contributed by atoms with Crippen molar-refractivity contribution in [3.63, 3.8) is 0 Å². The van der Waals surface area contributed by atoms with Gasteiger partial charge in [0.25, 0.3) is 0 Å². The van der Waals surface area contributed by atoms with E-state index in [1.54, 1.807) is 0 Å². The predicted molar refractivity (Wildman–Crippen MR) is 233 cm³/mol. The quantitative estimate of drug-likeness (QED) is 0.118. The predicted octanol–water partition coefficient (Wildman–Crippen LogP) is 12.2. The smallest absolute Gasteiger partial charge is 0.0927 e. The van der Waals surface area contributed by atoms with E-state index in [4.69, 9.17) is 10.2 Å². The Morgan fingerprint density at radius 1 is 0.293 bits per heavy atom. The molecule has 10 aromatic rings. The Morgan fingerprint density at radius 2 is 0.690 bits per heavy atom. The van der Waals surface area contributed by atoms with Gasteiger partial charge in [0.15, 0.2) is 0 Å². The van der Waals surface area contributed by atoms with Crippen molar-refractivity contribution in [2.24, 2.45) is 0 Å². The zero-order valence-corrected chi connectivity index (χ0v) is 32.0. The summed E-state index contributed by atoms with van der Waals surface area (Å²) in [6.07, 6.45) is 0. The van der Waals surface area contributed by atoms with Gasteiger partial charge in [-0.2, -0.15) is 20.4 Å². The molecule has 0 radical (unpaired) electrons. The molecule has 0 amide bonds. The largest absolute Gasteiger partial charge is 0.277 e. The summed E-state index contributed by atoms with van der Waals surface area (Å²) >= 11 is 0. The van der Waals surface area contributed by atoms with E-state index in [1.165, 1.54) is 16.7 Å². The molecule has 8 heteroatoms. The normalized spacial score (nSPS) is 11.3. The van der Waals surface area contributed by atoms with Crippen LogP contribution in [0.1, 0.15) is 11.1 Å². The molecule has 58 heavy (non-hydrogen) atoms. The number of benzene rings is 6. The van der Waals surface area contributed by atoms with E-state index >= 15 is 0 Å². The number of H-pyrrole nitrogens is 4. The second-order valence-electron chi connectivity index (χ2n) is 14.7. The van der Waals surface area contributed by atoms with Gasteiger partial charge in [0.05, 0.1) is 45.6 Å². The van der Waals surface area contributed by atoms with Crippen LogP contribution < -0.4 is 0 Å². The van der Waals surface area contributed by atoms with Crippen LogP contribution in [0.2, 0.25) is 0 Å². The van der Waals surface area contributed by atoms with Crippen molar-refractivity contribution in [1.82, 2.24) is 40.8 Å². The second kappa shape index (κ2) is 14.7. The lowest BCUT2D eigenvalue weighted by Gasteiger charge is -2.09. The van der Waals surface area contributed by atoms with Crippen molar-refractivity contribution in [3.8, 4) is 101 Å². The van der Waals surface area contributed by atoms with E-state index < -0.39 is 0 Å². The van der Waals surface area contributed by atoms with E-state index in [2.05, 4.69) is 196 Å². The maximum atomic E-state index is 4.71. The molecule has 8 nitrogen and oxygen atoms in total. The van der Waals surface area contributed by atoms with Crippen LogP contribution in [0.25, 0.3) is 101 Å². The molecule has 0 bridgehead atoms. The van der Waals surface area contributed by atoms with Gasteiger partial charge in [-0.25, -0.2) is 0 Å². The van der Waals surface area contributed by atoms with Gasteiger partial charge in [0.2, 0.25) is 0 Å². The first kappa shape index (κ1) is 34.6. The molecule has 278 valence electrons. The number of nitrogens with zero attached hydrogens (tertiary/aromatic N) is 4. The SMILES string of the molecule is Cc1cccc(-c2cc(-c3cccc(-c4cc(-c5ccc(-c6cccc(-c7cc(-c8ccc(-c9cc(-c%10ccccc%10)n[nH]9)cc8)[nH]n7)c6)c(C)c5)n[nH]4)c3)[nH]n2)c1. The lowest BCUT2D eigenvalue weighted by Crippen LogP contribution is -1.87. The highest BCUT2D eigenvalue weighted by atomic mass is 15.1. The van der Waals surface area contributed by atoms with Crippen molar-refractivity contribution in [2.75, 3.05) is 0 Å². The van der Waals surface area contributed by atoms with Gasteiger partial charge in [-0.3, -0.25) is 20.4 Å². The number of hydrogen-bond donors (Lipinski definition) is 4. The lowest BCUT2D eigenvalue weighted by atomic mass is 9.95. The van der Waals surface area contributed by atoms with Gasteiger partial charge in [0.1, 0.15) is 0 Å². The topological polar surface area (TPSA) is 115 Å². The van der Waals surface area contributed by atoms with Crippen LogP contribution in [0.15, 0.2) is 170 Å². The molecule has 0 unspecified atom stereocenters. The van der Waals surface area contributed by atoms with E-state index in [-0.39, 0.29) is 0 Å². The van der Waals surface area contributed by atoms with Crippen LogP contribution in [0, 0.1) is 13.8 Å². The number of nitrogens with one attached hydrogen (secondary N) is 4. The summed E-state index contributed by atoms with van der Waals surface area (Å²) in [6.45, 7) is 4.25. The van der Waals surface area contributed by atoms with Crippen LogP contribution in [0.5, 0.6) is 0 Å². The van der Waals surface area contributed by atoms with Crippen LogP contribution in [0.4, 0.5) is 0 Å². The van der Waals surface area contributed by atoms with Crippen LogP contribution in [-0.4, -0.2) is 40.8 Å². The fraction of sp³-hybridized carbons (Fsp3) is 0.0400. The summed E-state index contributed by atoms with van der Waals surface area (Å²) in [6, 6.07) is 58.9. The molecule has 10 rings (SSSR count). The first-order chi connectivity index (χ1) is 28.5. The summed E-state index contributed by atoms with van der Waals surface area (Å²) in [5.74, 6) is 0. The number of hydrogen-bond acceptors (Lipinski definition) is 4. The average molecular weight is 751 g/mol. The Labute approximate surface area is 335 Å². The second-order valence-corrected chi connectivity index (χ2v) is 14.7. The summed E-state index contributed by atoms with van der Waals surface area (Å²) < 4.78 is 0. The molecule has 0 saturated heterocycles. The van der Waals surface area contributed by atoms with E-state index in [0.717, 1.165) is 95.6 Å². The first-order valence-corrected chi connectivity index (χ1v) is 19.3. The first-order valence-electron chi connectivity index (χ1n) is 19.3. The Kier molecular flexibility index (Phi) is 8.76. The van der Waals surface area contributed by atoms with Crippen LogP contribution in [-0.2, 0) is 0 Å². The fourth-order valence-electron chi connectivity index (χ4n) is 7.56. The maximum Gasteiger partial charge on any atom is 0.0927 e. The van der Waals surface area contributed by atoms with Gasteiger partial charge < -0.3 is 0 Å². The monoisotopic (exact) mass is 750 g/mol. The maximum absolute atomic E-state index is 4.71. The highest BCUT2D eigenvalue weighted by Gasteiger charge is 2.14. The molecule has 0 fully saturated rings. The van der Waals surface area contributed by atoms with Gasteiger partial charge in [-0.05, 0) is 90.2 Å². The Balaban J connectivity index is 0.840. The minimum atomic E-state index is 0.892. The third-order valence-corrected chi connectivity index (χ3v) is 10.7.